The lowest BCUT2D eigenvalue weighted by atomic mass is 10.1. The summed E-state index contributed by atoms with van der Waals surface area (Å²) in [6.07, 6.45) is -3.26. The smallest absolute Gasteiger partial charge is 0.406 e. The van der Waals surface area contributed by atoms with Gasteiger partial charge in [-0.25, -0.2) is 4.68 Å². The lowest BCUT2D eigenvalue weighted by Gasteiger charge is -2.20. The molecule has 0 saturated carbocycles. The third kappa shape index (κ3) is 4.26. The third-order valence-electron chi connectivity index (χ3n) is 4.04. The molecule has 0 spiro atoms. The fraction of sp³-hybridized carbons (Fsp3) is 0.389. The highest BCUT2D eigenvalue weighted by Crippen LogP contribution is 2.25. The van der Waals surface area contributed by atoms with Crippen molar-refractivity contribution in [3.63, 3.8) is 0 Å². The number of rotatable bonds is 4. The van der Waals surface area contributed by atoms with E-state index in [2.05, 4.69) is 25.1 Å². The predicted molar refractivity (Wildman–Crippen MR) is 98.3 cm³/mol. The third-order valence-corrected chi connectivity index (χ3v) is 4.04. The molecule has 2 heterocycles. The number of hydrogen-bond acceptors (Lipinski definition) is 5. The van der Waals surface area contributed by atoms with Crippen molar-refractivity contribution in [3.8, 4) is 5.75 Å². The van der Waals surface area contributed by atoms with Crippen LogP contribution in [0.5, 0.6) is 5.75 Å². The lowest BCUT2D eigenvalue weighted by molar-refractivity contribution is -0.274. The molecule has 1 atom stereocenters. The summed E-state index contributed by atoms with van der Waals surface area (Å²) in [7, 11) is 0. The van der Waals surface area contributed by atoms with E-state index in [-0.39, 0.29) is 28.8 Å². The van der Waals surface area contributed by atoms with Gasteiger partial charge in [0.15, 0.2) is 5.65 Å². The largest absolute Gasteiger partial charge is 0.573 e. The Bertz CT molecular complexity index is 1030. The average Bonchev–Trinajstić information content (AvgIpc) is 2.98. The normalized spacial score (nSPS) is 13.5. The van der Waals surface area contributed by atoms with E-state index in [0.29, 0.717) is 16.6 Å². The molecule has 2 N–H and O–H groups in total. The van der Waals surface area contributed by atoms with Crippen LogP contribution in [0.25, 0.3) is 11.0 Å². The molecule has 3 aromatic rings. The molecular formula is C18H20F3N5O2. The number of nitrogens with zero attached hydrogens (tertiary/aromatic N) is 3. The number of hydrogen-bond donors (Lipinski definition) is 2. The van der Waals surface area contributed by atoms with E-state index in [1.165, 1.54) is 30.5 Å². The highest BCUT2D eigenvalue weighted by atomic mass is 19.4. The van der Waals surface area contributed by atoms with Crippen molar-refractivity contribution in [2.75, 3.05) is 5.32 Å². The van der Waals surface area contributed by atoms with E-state index >= 15 is 0 Å². The van der Waals surface area contributed by atoms with Gasteiger partial charge in [0.25, 0.3) is 5.56 Å². The maximum atomic E-state index is 12.3. The number of halogens is 3. The van der Waals surface area contributed by atoms with Crippen LogP contribution in [0.4, 0.5) is 19.1 Å². The maximum absolute atomic E-state index is 12.3. The summed E-state index contributed by atoms with van der Waals surface area (Å²) >= 11 is 0. The molecule has 7 nitrogen and oxygen atoms in total. The minimum atomic E-state index is -4.74. The van der Waals surface area contributed by atoms with Crippen molar-refractivity contribution in [2.24, 2.45) is 0 Å². The summed E-state index contributed by atoms with van der Waals surface area (Å²) in [5.74, 6) is -0.0582. The van der Waals surface area contributed by atoms with Crippen molar-refractivity contribution in [3.05, 3.63) is 46.4 Å². The van der Waals surface area contributed by atoms with E-state index in [1.54, 1.807) is 11.6 Å². The van der Waals surface area contributed by atoms with Gasteiger partial charge in [0.2, 0.25) is 5.95 Å². The first-order chi connectivity index (χ1) is 12.9. The highest BCUT2D eigenvalue weighted by molar-refractivity contribution is 5.74. The number of nitrogens with one attached hydrogen (secondary N) is 2. The van der Waals surface area contributed by atoms with E-state index < -0.39 is 6.36 Å². The SMILES string of the molecule is C[C@H](Nc1nc2c(cnn2C(C)(C)C)c(=O)[nH]1)c1ccc(OC(F)(F)F)cc1. The van der Waals surface area contributed by atoms with Gasteiger partial charge in [-0.2, -0.15) is 10.1 Å². The van der Waals surface area contributed by atoms with Crippen molar-refractivity contribution in [1.29, 1.82) is 0 Å². The predicted octanol–water partition coefficient (Wildman–Crippen LogP) is 3.95. The number of aromatic nitrogens is 4. The van der Waals surface area contributed by atoms with Crippen LogP contribution in [0.3, 0.4) is 0 Å². The van der Waals surface area contributed by atoms with Crippen LogP contribution in [0, 0.1) is 0 Å². The summed E-state index contributed by atoms with van der Waals surface area (Å²) in [5.41, 5.74) is 0.449. The highest BCUT2D eigenvalue weighted by Gasteiger charge is 2.31. The summed E-state index contributed by atoms with van der Waals surface area (Å²) in [4.78, 5) is 19.4. The van der Waals surface area contributed by atoms with Crippen molar-refractivity contribution in [2.45, 2.75) is 45.6 Å². The molecule has 3 rings (SSSR count). The molecule has 28 heavy (non-hydrogen) atoms. The molecule has 0 aliphatic carbocycles. The van der Waals surface area contributed by atoms with Gasteiger partial charge < -0.3 is 10.1 Å². The van der Waals surface area contributed by atoms with Crippen LogP contribution >= 0.6 is 0 Å². The quantitative estimate of drug-likeness (QED) is 0.699. The average molecular weight is 395 g/mol. The fourth-order valence-electron chi connectivity index (χ4n) is 2.72. The standard InChI is InChI=1S/C18H20F3N5O2/c1-10(11-5-7-12(8-6-11)28-18(19,20)21)23-16-24-14-13(15(27)25-16)9-22-26(14)17(2,3)4/h5-10H,1-4H3,(H2,23,24,25,27)/t10-/m0/s1. The Labute approximate surface area is 158 Å². The molecule has 10 heteroatoms. The molecular weight excluding hydrogens is 375 g/mol. The van der Waals surface area contributed by atoms with Crippen LogP contribution < -0.4 is 15.6 Å². The summed E-state index contributed by atoms with van der Waals surface area (Å²) in [5, 5.41) is 7.68. The topological polar surface area (TPSA) is 84.8 Å². The van der Waals surface area contributed by atoms with Gasteiger partial charge in [0.05, 0.1) is 17.8 Å². The molecule has 0 fully saturated rings. The number of fused-ring (bicyclic) bond motifs is 1. The summed E-state index contributed by atoms with van der Waals surface area (Å²) in [6.45, 7) is 7.64. The molecule has 150 valence electrons. The van der Waals surface area contributed by atoms with E-state index in [4.69, 9.17) is 0 Å². The van der Waals surface area contributed by atoms with Gasteiger partial charge in [-0.05, 0) is 45.4 Å². The zero-order valence-corrected chi connectivity index (χ0v) is 15.8. The fourth-order valence-corrected chi connectivity index (χ4v) is 2.72. The molecule has 0 radical (unpaired) electrons. The first-order valence-corrected chi connectivity index (χ1v) is 8.55. The minimum absolute atomic E-state index is 0.242. The monoisotopic (exact) mass is 395 g/mol. The molecule has 0 unspecified atom stereocenters. The summed E-state index contributed by atoms with van der Waals surface area (Å²) in [6, 6.07) is 5.15. The van der Waals surface area contributed by atoms with Crippen molar-refractivity contribution in [1.82, 2.24) is 19.7 Å². The van der Waals surface area contributed by atoms with Crippen molar-refractivity contribution >= 4 is 17.0 Å². The van der Waals surface area contributed by atoms with Gasteiger partial charge in [0.1, 0.15) is 11.1 Å². The van der Waals surface area contributed by atoms with Gasteiger partial charge in [-0.3, -0.25) is 9.78 Å². The van der Waals surface area contributed by atoms with Crippen LogP contribution in [0.1, 0.15) is 39.3 Å². The zero-order valence-electron chi connectivity index (χ0n) is 15.8. The number of ether oxygens (including phenoxy) is 1. The lowest BCUT2D eigenvalue weighted by Crippen LogP contribution is -2.24. The Morgan fingerprint density at radius 2 is 1.82 bits per heavy atom. The molecule has 0 aliphatic heterocycles. The van der Waals surface area contributed by atoms with E-state index in [0.717, 1.165) is 0 Å². The number of benzene rings is 1. The first-order valence-electron chi connectivity index (χ1n) is 8.55. The van der Waals surface area contributed by atoms with Gasteiger partial charge in [-0.15, -0.1) is 13.2 Å². The summed E-state index contributed by atoms with van der Waals surface area (Å²) < 4.78 is 42.3. The van der Waals surface area contributed by atoms with Gasteiger partial charge >= 0.3 is 6.36 Å². The second-order valence-electron chi connectivity index (χ2n) is 7.36. The second-order valence-corrected chi connectivity index (χ2v) is 7.36. The van der Waals surface area contributed by atoms with Gasteiger partial charge in [-0.1, -0.05) is 12.1 Å². The number of anilines is 1. The van der Waals surface area contributed by atoms with Crippen LogP contribution in [0.2, 0.25) is 0 Å². The van der Waals surface area contributed by atoms with Crippen LogP contribution in [-0.2, 0) is 5.54 Å². The van der Waals surface area contributed by atoms with Crippen LogP contribution in [0.15, 0.2) is 35.3 Å². The second kappa shape index (κ2) is 6.84. The van der Waals surface area contributed by atoms with Crippen molar-refractivity contribution < 1.29 is 17.9 Å². The Morgan fingerprint density at radius 3 is 2.39 bits per heavy atom. The van der Waals surface area contributed by atoms with Gasteiger partial charge in [0, 0.05) is 0 Å². The first kappa shape index (κ1) is 19.7. The molecule has 0 bridgehead atoms. The molecule has 0 amide bonds. The zero-order chi connectivity index (χ0) is 20.7. The number of alkyl halides is 3. The Morgan fingerprint density at radius 1 is 1.18 bits per heavy atom. The minimum Gasteiger partial charge on any atom is -0.406 e. The number of aromatic amines is 1. The Kier molecular flexibility index (Phi) is 4.82. The van der Waals surface area contributed by atoms with E-state index in [1.807, 2.05) is 20.8 Å². The molecule has 0 aliphatic rings. The Hall–Kier alpha value is -3.04. The molecule has 0 saturated heterocycles. The Balaban J connectivity index is 1.85. The molecule has 1 aromatic carbocycles. The molecule has 2 aromatic heterocycles. The number of H-pyrrole nitrogens is 1. The maximum Gasteiger partial charge on any atom is 0.573 e. The van der Waals surface area contributed by atoms with Crippen LogP contribution in [-0.4, -0.2) is 26.1 Å². The van der Waals surface area contributed by atoms with E-state index in [9.17, 15) is 18.0 Å².